The van der Waals surface area contributed by atoms with Gasteiger partial charge in [-0.05, 0) is 25.0 Å². The van der Waals surface area contributed by atoms with E-state index in [1.165, 1.54) is 7.11 Å². The summed E-state index contributed by atoms with van der Waals surface area (Å²) in [6, 6.07) is 6.27. The van der Waals surface area contributed by atoms with Crippen molar-refractivity contribution in [1.29, 1.82) is 0 Å². The molecule has 3 rings (SSSR count). The SMILES string of the molecule is COC(=O)c1cn(C2CCN(Cc3ccccn3)CC2)nn1. The summed E-state index contributed by atoms with van der Waals surface area (Å²) in [7, 11) is 1.34. The lowest BCUT2D eigenvalue weighted by Gasteiger charge is -2.31. The quantitative estimate of drug-likeness (QED) is 0.793. The van der Waals surface area contributed by atoms with Gasteiger partial charge in [0.05, 0.1) is 25.0 Å². The van der Waals surface area contributed by atoms with Crippen molar-refractivity contribution >= 4 is 5.97 Å². The third-order valence-electron chi connectivity index (χ3n) is 3.95. The van der Waals surface area contributed by atoms with Gasteiger partial charge in [-0.1, -0.05) is 11.3 Å². The molecule has 0 aromatic carbocycles. The Balaban J connectivity index is 1.55. The molecule has 7 heteroatoms. The van der Waals surface area contributed by atoms with E-state index in [-0.39, 0.29) is 11.7 Å². The number of carbonyl (C=O) groups excluding carboxylic acids is 1. The standard InChI is InChI=1S/C15H19N5O2/c1-22-15(21)14-11-20(18-17-14)13-5-8-19(9-6-13)10-12-4-2-3-7-16-12/h2-4,7,11,13H,5-6,8-10H2,1H3. The molecule has 0 spiro atoms. The zero-order valence-corrected chi connectivity index (χ0v) is 12.6. The lowest BCUT2D eigenvalue weighted by molar-refractivity contribution is 0.0594. The van der Waals surface area contributed by atoms with Gasteiger partial charge in [0.2, 0.25) is 0 Å². The lowest BCUT2D eigenvalue weighted by Crippen LogP contribution is -2.34. The van der Waals surface area contributed by atoms with Crippen LogP contribution in [0.4, 0.5) is 0 Å². The molecular weight excluding hydrogens is 282 g/mol. The van der Waals surface area contributed by atoms with Gasteiger partial charge >= 0.3 is 5.97 Å². The van der Waals surface area contributed by atoms with Crippen LogP contribution in [0.1, 0.15) is 35.1 Å². The average molecular weight is 301 g/mol. The number of esters is 1. The number of pyridine rings is 1. The molecule has 0 amide bonds. The molecule has 7 nitrogen and oxygen atoms in total. The van der Waals surface area contributed by atoms with E-state index < -0.39 is 5.97 Å². The number of likely N-dealkylation sites (tertiary alicyclic amines) is 1. The molecule has 0 unspecified atom stereocenters. The van der Waals surface area contributed by atoms with E-state index in [0.29, 0.717) is 0 Å². The molecule has 2 aromatic rings. The highest BCUT2D eigenvalue weighted by Crippen LogP contribution is 2.22. The number of carbonyl (C=O) groups is 1. The molecule has 1 fully saturated rings. The Labute approximate surface area is 128 Å². The zero-order chi connectivity index (χ0) is 15.4. The molecule has 0 radical (unpaired) electrons. The number of piperidine rings is 1. The first kappa shape index (κ1) is 14.6. The van der Waals surface area contributed by atoms with Crippen LogP contribution in [-0.2, 0) is 11.3 Å². The second kappa shape index (κ2) is 6.65. The predicted molar refractivity (Wildman–Crippen MR) is 79.1 cm³/mol. The Morgan fingerprint density at radius 1 is 1.36 bits per heavy atom. The fourth-order valence-electron chi connectivity index (χ4n) is 2.72. The van der Waals surface area contributed by atoms with Crippen LogP contribution in [0.25, 0.3) is 0 Å². The van der Waals surface area contributed by atoms with Gasteiger partial charge in [-0.2, -0.15) is 0 Å². The molecule has 22 heavy (non-hydrogen) atoms. The molecule has 116 valence electrons. The van der Waals surface area contributed by atoms with Gasteiger partial charge in [0, 0.05) is 25.8 Å². The molecule has 0 saturated carbocycles. The smallest absolute Gasteiger partial charge is 0.360 e. The maximum atomic E-state index is 11.4. The first-order chi connectivity index (χ1) is 10.8. The van der Waals surface area contributed by atoms with Crippen LogP contribution in [0, 0.1) is 0 Å². The second-order valence-corrected chi connectivity index (χ2v) is 5.40. The van der Waals surface area contributed by atoms with Crippen LogP contribution >= 0.6 is 0 Å². The minimum atomic E-state index is -0.446. The fraction of sp³-hybridized carbons (Fsp3) is 0.467. The summed E-state index contributed by atoms with van der Waals surface area (Å²) in [5.41, 5.74) is 1.35. The Hall–Kier alpha value is -2.28. The lowest BCUT2D eigenvalue weighted by atomic mass is 10.1. The summed E-state index contributed by atoms with van der Waals surface area (Å²) in [5.74, 6) is -0.446. The molecule has 2 aromatic heterocycles. The van der Waals surface area contributed by atoms with Crippen molar-refractivity contribution in [2.45, 2.75) is 25.4 Å². The number of rotatable bonds is 4. The Morgan fingerprint density at radius 2 is 2.18 bits per heavy atom. The first-order valence-corrected chi connectivity index (χ1v) is 7.38. The van der Waals surface area contributed by atoms with Crippen LogP contribution in [0.15, 0.2) is 30.6 Å². The number of ether oxygens (including phenoxy) is 1. The molecule has 1 saturated heterocycles. The summed E-state index contributed by atoms with van der Waals surface area (Å²) in [5, 5.41) is 7.92. The van der Waals surface area contributed by atoms with Crippen LogP contribution in [0.5, 0.6) is 0 Å². The third-order valence-corrected chi connectivity index (χ3v) is 3.95. The molecule has 0 aliphatic carbocycles. The number of aromatic nitrogens is 4. The van der Waals surface area contributed by atoms with Crippen LogP contribution in [-0.4, -0.2) is 51.0 Å². The van der Waals surface area contributed by atoms with Gasteiger partial charge in [-0.15, -0.1) is 5.10 Å². The molecular formula is C15H19N5O2. The molecule has 0 N–H and O–H groups in total. The van der Waals surface area contributed by atoms with Crippen molar-refractivity contribution in [2.75, 3.05) is 20.2 Å². The predicted octanol–water partition coefficient (Wildman–Crippen LogP) is 1.30. The number of hydrogen-bond donors (Lipinski definition) is 0. The minimum Gasteiger partial charge on any atom is -0.464 e. The topological polar surface area (TPSA) is 73.1 Å². The van der Waals surface area contributed by atoms with Crippen molar-refractivity contribution in [1.82, 2.24) is 24.9 Å². The van der Waals surface area contributed by atoms with Crippen molar-refractivity contribution in [3.05, 3.63) is 42.0 Å². The van der Waals surface area contributed by atoms with Gasteiger partial charge in [-0.25, -0.2) is 9.48 Å². The Bertz CT molecular complexity index is 620. The van der Waals surface area contributed by atoms with Gasteiger partial charge in [0.25, 0.3) is 0 Å². The summed E-state index contributed by atoms with van der Waals surface area (Å²) in [4.78, 5) is 18.2. The number of hydrogen-bond acceptors (Lipinski definition) is 6. The van der Waals surface area contributed by atoms with Crippen LogP contribution < -0.4 is 0 Å². The maximum absolute atomic E-state index is 11.4. The van der Waals surface area contributed by atoms with Gasteiger partial charge in [-0.3, -0.25) is 9.88 Å². The first-order valence-electron chi connectivity index (χ1n) is 7.38. The third kappa shape index (κ3) is 3.30. The second-order valence-electron chi connectivity index (χ2n) is 5.40. The fourth-order valence-corrected chi connectivity index (χ4v) is 2.72. The normalized spacial score (nSPS) is 16.6. The van der Waals surface area contributed by atoms with E-state index >= 15 is 0 Å². The summed E-state index contributed by atoms with van der Waals surface area (Å²) in [6.45, 7) is 2.83. The highest BCUT2D eigenvalue weighted by molar-refractivity contribution is 5.86. The Morgan fingerprint density at radius 3 is 2.86 bits per heavy atom. The van der Waals surface area contributed by atoms with Crippen molar-refractivity contribution in [3.63, 3.8) is 0 Å². The number of nitrogens with zero attached hydrogens (tertiary/aromatic N) is 5. The molecule has 1 aliphatic rings. The Kier molecular flexibility index (Phi) is 4.43. The molecule has 3 heterocycles. The van der Waals surface area contributed by atoms with Crippen molar-refractivity contribution < 1.29 is 9.53 Å². The van der Waals surface area contributed by atoms with Gasteiger partial charge < -0.3 is 4.74 Å². The van der Waals surface area contributed by atoms with E-state index in [0.717, 1.165) is 38.2 Å². The highest BCUT2D eigenvalue weighted by Gasteiger charge is 2.23. The van der Waals surface area contributed by atoms with Crippen molar-refractivity contribution in [2.24, 2.45) is 0 Å². The number of methoxy groups -OCH3 is 1. The summed E-state index contributed by atoms with van der Waals surface area (Å²) < 4.78 is 6.43. The maximum Gasteiger partial charge on any atom is 0.360 e. The van der Waals surface area contributed by atoms with E-state index in [4.69, 9.17) is 0 Å². The monoisotopic (exact) mass is 301 g/mol. The minimum absolute atomic E-state index is 0.262. The molecule has 0 bridgehead atoms. The highest BCUT2D eigenvalue weighted by atomic mass is 16.5. The summed E-state index contributed by atoms with van der Waals surface area (Å²) >= 11 is 0. The van der Waals surface area contributed by atoms with E-state index in [2.05, 4.69) is 24.9 Å². The van der Waals surface area contributed by atoms with E-state index in [9.17, 15) is 4.79 Å². The van der Waals surface area contributed by atoms with Gasteiger partial charge in [0.15, 0.2) is 5.69 Å². The largest absolute Gasteiger partial charge is 0.464 e. The average Bonchev–Trinajstić information content (AvgIpc) is 3.06. The molecule has 0 atom stereocenters. The van der Waals surface area contributed by atoms with Gasteiger partial charge in [0.1, 0.15) is 0 Å². The van der Waals surface area contributed by atoms with Crippen molar-refractivity contribution in [3.8, 4) is 0 Å². The van der Waals surface area contributed by atoms with Crippen LogP contribution in [0.3, 0.4) is 0 Å². The summed E-state index contributed by atoms with van der Waals surface area (Å²) in [6.07, 6.45) is 5.46. The van der Waals surface area contributed by atoms with E-state index in [1.807, 2.05) is 24.4 Å². The van der Waals surface area contributed by atoms with E-state index in [1.54, 1.807) is 10.9 Å². The molecule has 1 aliphatic heterocycles. The zero-order valence-electron chi connectivity index (χ0n) is 12.6. The van der Waals surface area contributed by atoms with Crippen LogP contribution in [0.2, 0.25) is 0 Å².